The Bertz CT molecular complexity index is 506. The first-order chi connectivity index (χ1) is 8.24. The Morgan fingerprint density at radius 2 is 1.82 bits per heavy atom. The van der Waals surface area contributed by atoms with Crippen LogP contribution in [0.15, 0.2) is 42.5 Å². The molecule has 3 heteroatoms. The van der Waals surface area contributed by atoms with Crippen LogP contribution in [-0.2, 0) is 6.61 Å². The van der Waals surface area contributed by atoms with E-state index < -0.39 is 0 Å². The summed E-state index contributed by atoms with van der Waals surface area (Å²) in [5.74, 6) is 0.813. The van der Waals surface area contributed by atoms with Crippen LogP contribution in [0.3, 0.4) is 0 Å². The molecule has 0 atom stereocenters. The first-order valence-electron chi connectivity index (χ1n) is 5.28. The minimum absolute atomic E-state index is 0.0259. The van der Waals surface area contributed by atoms with Gasteiger partial charge in [-0.15, -0.1) is 0 Å². The van der Waals surface area contributed by atoms with Crippen LogP contribution in [0, 0.1) is 0 Å². The average Bonchev–Trinajstić information content (AvgIpc) is 2.39. The Morgan fingerprint density at radius 3 is 2.41 bits per heavy atom. The number of benzene rings is 2. The molecule has 17 heavy (non-hydrogen) atoms. The standard InChI is InChI=1S/C14H13ClO2/c1-17-13-5-2-10(3-6-13)14-7-4-12(15)8-11(14)9-16/h2-8,16H,9H2,1H3. The topological polar surface area (TPSA) is 29.5 Å². The van der Waals surface area contributed by atoms with Gasteiger partial charge in [-0.25, -0.2) is 0 Å². The molecule has 0 unspecified atom stereocenters. The van der Waals surface area contributed by atoms with Gasteiger partial charge in [-0.1, -0.05) is 29.8 Å². The fourth-order valence-electron chi connectivity index (χ4n) is 1.75. The van der Waals surface area contributed by atoms with Crippen molar-refractivity contribution in [3.63, 3.8) is 0 Å². The smallest absolute Gasteiger partial charge is 0.118 e. The number of hydrogen-bond acceptors (Lipinski definition) is 2. The Morgan fingerprint density at radius 1 is 1.12 bits per heavy atom. The van der Waals surface area contributed by atoms with Gasteiger partial charge in [-0.2, -0.15) is 0 Å². The Labute approximate surface area is 105 Å². The van der Waals surface area contributed by atoms with Crippen molar-refractivity contribution in [2.45, 2.75) is 6.61 Å². The van der Waals surface area contributed by atoms with Gasteiger partial charge in [0, 0.05) is 5.02 Å². The van der Waals surface area contributed by atoms with Crippen LogP contribution in [0.4, 0.5) is 0 Å². The summed E-state index contributed by atoms with van der Waals surface area (Å²) in [4.78, 5) is 0. The molecule has 0 bridgehead atoms. The summed E-state index contributed by atoms with van der Waals surface area (Å²) in [6.07, 6.45) is 0. The molecule has 0 aliphatic heterocycles. The van der Waals surface area contributed by atoms with Gasteiger partial charge in [-0.05, 0) is 41.0 Å². The van der Waals surface area contributed by atoms with Crippen LogP contribution in [0.1, 0.15) is 5.56 Å². The maximum absolute atomic E-state index is 9.32. The second-order valence-electron chi connectivity index (χ2n) is 3.69. The van der Waals surface area contributed by atoms with Crippen molar-refractivity contribution in [3.05, 3.63) is 53.1 Å². The van der Waals surface area contributed by atoms with Gasteiger partial charge in [0.1, 0.15) is 5.75 Å². The van der Waals surface area contributed by atoms with Crippen molar-refractivity contribution in [1.82, 2.24) is 0 Å². The molecule has 2 nitrogen and oxygen atoms in total. The van der Waals surface area contributed by atoms with E-state index in [2.05, 4.69) is 0 Å². The summed E-state index contributed by atoms with van der Waals surface area (Å²) in [6, 6.07) is 13.2. The van der Waals surface area contributed by atoms with Crippen LogP contribution in [0.25, 0.3) is 11.1 Å². The molecule has 0 aliphatic rings. The van der Waals surface area contributed by atoms with E-state index in [1.54, 1.807) is 13.2 Å². The van der Waals surface area contributed by atoms with Crippen molar-refractivity contribution in [3.8, 4) is 16.9 Å². The predicted octanol–water partition coefficient (Wildman–Crippen LogP) is 3.51. The summed E-state index contributed by atoms with van der Waals surface area (Å²) in [7, 11) is 1.64. The summed E-state index contributed by atoms with van der Waals surface area (Å²) >= 11 is 5.90. The molecule has 0 saturated carbocycles. The molecule has 0 spiro atoms. The molecule has 0 heterocycles. The molecule has 0 radical (unpaired) electrons. The van der Waals surface area contributed by atoms with E-state index in [-0.39, 0.29) is 6.61 Å². The summed E-state index contributed by atoms with van der Waals surface area (Å²) < 4.78 is 5.11. The number of aliphatic hydroxyl groups excluding tert-OH is 1. The van der Waals surface area contributed by atoms with E-state index in [0.717, 1.165) is 22.4 Å². The minimum Gasteiger partial charge on any atom is -0.497 e. The van der Waals surface area contributed by atoms with Gasteiger partial charge < -0.3 is 9.84 Å². The highest BCUT2D eigenvalue weighted by molar-refractivity contribution is 6.30. The normalized spacial score (nSPS) is 10.3. The molecule has 2 rings (SSSR count). The van der Waals surface area contributed by atoms with Gasteiger partial charge in [0.25, 0.3) is 0 Å². The quantitative estimate of drug-likeness (QED) is 0.901. The van der Waals surface area contributed by atoms with Gasteiger partial charge in [-0.3, -0.25) is 0 Å². The Kier molecular flexibility index (Phi) is 3.67. The Hall–Kier alpha value is -1.51. The largest absolute Gasteiger partial charge is 0.497 e. The zero-order valence-corrected chi connectivity index (χ0v) is 10.2. The van der Waals surface area contributed by atoms with E-state index in [0.29, 0.717) is 5.02 Å². The van der Waals surface area contributed by atoms with Crippen molar-refractivity contribution >= 4 is 11.6 Å². The van der Waals surface area contributed by atoms with E-state index in [9.17, 15) is 5.11 Å². The van der Waals surface area contributed by atoms with E-state index in [1.807, 2.05) is 36.4 Å². The zero-order chi connectivity index (χ0) is 12.3. The van der Waals surface area contributed by atoms with E-state index in [4.69, 9.17) is 16.3 Å². The first kappa shape index (κ1) is 12.0. The molecular formula is C14H13ClO2. The van der Waals surface area contributed by atoms with Crippen LogP contribution in [0.5, 0.6) is 5.75 Å². The third-order valence-electron chi connectivity index (χ3n) is 2.64. The summed E-state index contributed by atoms with van der Waals surface area (Å²) in [5, 5.41) is 9.95. The lowest BCUT2D eigenvalue weighted by molar-refractivity contribution is 0.282. The van der Waals surface area contributed by atoms with Crippen molar-refractivity contribution < 1.29 is 9.84 Å². The van der Waals surface area contributed by atoms with E-state index in [1.165, 1.54) is 0 Å². The maximum atomic E-state index is 9.32. The molecule has 0 amide bonds. The number of hydrogen-bond donors (Lipinski definition) is 1. The second-order valence-corrected chi connectivity index (χ2v) is 4.12. The van der Waals surface area contributed by atoms with Crippen LogP contribution in [0.2, 0.25) is 5.02 Å². The molecule has 0 saturated heterocycles. The van der Waals surface area contributed by atoms with Crippen molar-refractivity contribution in [2.75, 3.05) is 7.11 Å². The molecule has 0 fully saturated rings. The van der Waals surface area contributed by atoms with Crippen molar-refractivity contribution in [1.29, 1.82) is 0 Å². The van der Waals surface area contributed by atoms with Gasteiger partial charge in [0.05, 0.1) is 13.7 Å². The molecule has 1 N–H and O–H groups in total. The van der Waals surface area contributed by atoms with Gasteiger partial charge >= 0.3 is 0 Å². The third-order valence-corrected chi connectivity index (χ3v) is 2.87. The third kappa shape index (κ3) is 2.60. The second kappa shape index (κ2) is 5.21. The fraction of sp³-hybridized carbons (Fsp3) is 0.143. The van der Waals surface area contributed by atoms with Crippen LogP contribution < -0.4 is 4.74 Å². The van der Waals surface area contributed by atoms with E-state index >= 15 is 0 Å². The summed E-state index contributed by atoms with van der Waals surface area (Å²) in [5.41, 5.74) is 2.84. The number of halogens is 1. The van der Waals surface area contributed by atoms with Crippen LogP contribution in [-0.4, -0.2) is 12.2 Å². The molecular weight excluding hydrogens is 236 g/mol. The maximum Gasteiger partial charge on any atom is 0.118 e. The molecule has 0 aromatic heterocycles. The monoisotopic (exact) mass is 248 g/mol. The number of rotatable bonds is 3. The highest BCUT2D eigenvalue weighted by Crippen LogP contribution is 2.28. The molecule has 2 aromatic carbocycles. The highest BCUT2D eigenvalue weighted by atomic mass is 35.5. The summed E-state index contributed by atoms with van der Waals surface area (Å²) in [6.45, 7) is -0.0259. The van der Waals surface area contributed by atoms with Gasteiger partial charge in [0.2, 0.25) is 0 Å². The number of ether oxygens (including phenoxy) is 1. The van der Waals surface area contributed by atoms with Crippen LogP contribution >= 0.6 is 11.6 Å². The highest BCUT2D eigenvalue weighted by Gasteiger charge is 2.05. The molecule has 0 aliphatic carbocycles. The Balaban J connectivity index is 2.44. The lowest BCUT2D eigenvalue weighted by Crippen LogP contribution is -1.90. The number of aliphatic hydroxyl groups is 1. The van der Waals surface area contributed by atoms with Crippen molar-refractivity contribution in [2.24, 2.45) is 0 Å². The molecule has 88 valence electrons. The predicted molar refractivity (Wildman–Crippen MR) is 69.4 cm³/mol. The average molecular weight is 249 g/mol. The fourth-order valence-corrected chi connectivity index (χ4v) is 1.94. The minimum atomic E-state index is -0.0259. The number of methoxy groups -OCH3 is 1. The lowest BCUT2D eigenvalue weighted by Gasteiger charge is -2.09. The zero-order valence-electron chi connectivity index (χ0n) is 9.48. The first-order valence-corrected chi connectivity index (χ1v) is 5.66. The van der Waals surface area contributed by atoms with Gasteiger partial charge in [0.15, 0.2) is 0 Å². The lowest BCUT2D eigenvalue weighted by atomic mass is 10.00. The SMILES string of the molecule is COc1ccc(-c2ccc(Cl)cc2CO)cc1. The molecule has 2 aromatic rings.